The number of hydrogen-bond donors (Lipinski definition) is 1. The van der Waals surface area contributed by atoms with E-state index in [1.165, 1.54) is 64.7 Å². The van der Waals surface area contributed by atoms with Gasteiger partial charge in [0.25, 0.3) is 0 Å². The summed E-state index contributed by atoms with van der Waals surface area (Å²) in [4.78, 5) is 15.8. The van der Waals surface area contributed by atoms with Gasteiger partial charge in [0, 0.05) is 12.5 Å². The van der Waals surface area contributed by atoms with Crippen molar-refractivity contribution in [2.24, 2.45) is 0 Å². The molecule has 0 aromatic rings. The molecule has 0 aromatic heterocycles. The molecule has 0 bridgehead atoms. The van der Waals surface area contributed by atoms with Crippen LogP contribution in [0.5, 0.6) is 0 Å². The maximum atomic E-state index is 10.7. The minimum Gasteiger partial charge on any atom is -0.481 e. The normalized spacial score (nSPS) is 25.8. The fraction of sp³-hybridized carbons (Fsp3) is 0.933. The maximum absolute atomic E-state index is 10.7. The monoisotopic (exact) mass is 268 g/mol. The predicted molar refractivity (Wildman–Crippen MR) is 76.4 cm³/mol. The van der Waals surface area contributed by atoms with Crippen molar-refractivity contribution in [1.29, 1.82) is 0 Å². The zero-order valence-corrected chi connectivity index (χ0v) is 12.0. The lowest BCUT2D eigenvalue weighted by molar-refractivity contribution is -0.137. The van der Waals surface area contributed by atoms with E-state index in [1.54, 1.807) is 0 Å². The molecule has 2 saturated heterocycles. The average Bonchev–Trinajstić information content (AvgIpc) is 2.91. The highest BCUT2D eigenvalue weighted by molar-refractivity contribution is 5.66. The lowest BCUT2D eigenvalue weighted by atomic mass is 9.97. The van der Waals surface area contributed by atoms with Crippen molar-refractivity contribution in [3.05, 3.63) is 0 Å². The molecule has 4 heteroatoms. The van der Waals surface area contributed by atoms with Gasteiger partial charge in [-0.1, -0.05) is 6.42 Å². The summed E-state index contributed by atoms with van der Waals surface area (Å²) in [5.41, 5.74) is 0. The number of carbonyl (C=O) groups is 1. The summed E-state index contributed by atoms with van der Waals surface area (Å²) in [7, 11) is 0. The minimum atomic E-state index is -0.650. The third-order valence-electron chi connectivity index (χ3n) is 4.56. The molecular weight excluding hydrogens is 240 g/mol. The second kappa shape index (κ2) is 7.85. The molecule has 2 aliphatic rings. The zero-order chi connectivity index (χ0) is 13.5. The van der Waals surface area contributed by atoms with Crippen molar-refractivity contribution < 1.29 is 9.90 Å². The summed E-state index contributed by atoms with van der Waals surface area (Å²) in [5, 5.41) is 8.82. The van der Waals surface area contributed by atoms with Crippen LogP contribution >= 0.6 is 0 Å². The third kappa shape index (κ3) is 5.11. The van der Waals surface area contributed by atoms with Crippen molar-refractivity contribution in [2.75, 3.05) is 32.7 Å². The number of nitrogens with zero attached hydrogens (tertiary/aromatic N) is 2. The van der Waals surface area contributed by atoms with Crippen LogP contribution in [0.3, 0.4) is 0 Å². The van der Waals surface area contributed by atoms with E-state index in [-0.39, 0.29) is 0 Å². The first-order valence-corrected chi connectivity index (χ1v) is 7.94. The quantitative estimate of drug-likeness (QED) is 0.768. The van der Waals surface area contributed by atoms with Gasteiger partial charge in [-0.3, -0.25) is 4.79 Å². The largest absolute Gasteiger partial charge is 0.481 e. The van der Waals surface area contributed by atoms with E-state index in [0.717, 1.165) is 13.0 Å². The second-order valence-corrected chi connectivity index (χ2v) is 6.02. The van der Waals surface area contributed by atoms with Crippen molar-refractivity contribution in [1.82, 2.24) is 9.80 Å². The molecule has 4 nitrogen and oxygen atoms in total. The molecule has 0 amide bonds. The van der Waals surface area contributed by atoms with Crippen molar-refractivity contribution in [2.45, 2.75) is 57.4 Å². The standard InChI is InChI=1S/C15H28N2O2/c18-15(19)8-7-14-6-1-2-12-17(14)13-5-11-16-9-3-4-10-16/h14H,1-13H2,(H,18,19). The molecule has 1 N–H and O–H groups in total. The van der Waals surface area contributed by atoms with Gasteiger partial charge in [-0.25, -0.2) is 0 Å². The first-order chi connectivity index (χ1) is 9.25. The summed E-state index contributed by atoms with van der Waals surface area (Å²) >= 11 is 0. The van der Waals surface area contributed by atoms with Gasteiger partial charge >= 0.3 is 5.97 Å². The Labute approximate surface area is 116 Å². The Morgan fingerprint density at radius 1 is 1.05 bits per heavy atom. The molecular formula is C15H28N2O2. The summed E-state index contributed by atoms with van der Waals surface area (Å²) in [6.45, 7) is 6.11. The first kappa shape index (κ1) is 14.8. The maximum Gasteiger partial charge on any atom is 0.303 e. The summed E-state index contributed by atoms with van der Waals surface area (Å²) in [6.07, 6.45) is 8.88. The van der Waals surface area contributed by atoms with Crippen LogP contribution in [0.25, 0.3) is 0 Å². The van der Waals surface area contributed by atoms with Crippen molar-refractivity contribution in [3.63, 3.8) is 0 Å². The fourth-order valence-corrected chi connectivity index (χ4v) is 3.48. The highest BCUT2D eigenvalue weighted by Gasteiger charge is 2.22. The number of aliphatic carboxylic acids is 1. The molecule has 110 valence electrons. The predicted octanol–water partition coefficient (Wildman–Crippen LogP) is 2.19. The Morgan fingerprint density at radius 3 is 2.53 bits per heavy atom. The number of piperidine rings is 1. The van der Waals surface area contributed by atoms with Gasteiger partial charge in [-0.05, 0) is 71.2 Å². The molecule has 19 heavy (non-hydrogen) atoms. The van der Waals surface area contributed by atoms with E-state index in [1.807, 2.05) is 0 Å². The Bertz CT molecular complexity index is 277. The number of carboxylic acid groups (broad SMARTS) is 1. The van der Waals surface area contributed by atoms with E-state index in [2.05, 4.69) is 9.80 Å². The Morgan fingerprint density at radius 2 is 1.79 bits per heavy atom. The lowest BCUT2D eigenvalue weighted by Gasteiger charge is -2.36. The minimum absolute atomic E-state index is 0.327. The number of hydrogen-bond acceptors (Lipinski definition) is 3. The topological polar surface area (TPSA) is 43.8 Å². The number of likely N-dealkylation sites (tertiary alicyclic amines) is 2. The van der Waals surface area contributed by atoms with Gasteiger partial charge in [-0.15, -0.1) is 0 Å². The van der Waals surface area contributed by atoms with E-state index >= 15 is 0 Å². The summed E-state index contributed by atoms with van der Waals surface area (Å²) in [5.74, 6) is -0.650. The molecule has 2 rings (SSSR count). The van der Waals surface area contributed by atoms with Crippen LogP contribution in [0, 0.1) is 0 Å². The average molecular weight is 268 g/mol. The number of rotatable bonds is 7. The van der Waals surface area contributed by atoms with Gasteiger partial charge in [-0.2, -0.15) is 0 Å². The van der Waals surface area contributed by atoms with E-state index < -0.39 is 5.97 Å². The van der Waals surface area contributed by atoms with Crippen molar-refractivity contribution >= 4 is 5.97 Å². The van der Waals surface area contributed by atoms with E-state index in [0.29, 0.717) is 12.5 Å². The van der Waals surface area contributed by atoms with E-state index in [4.69, 9.17) is 5.11 Å². The van der Waals surface area contributed by atoms with Crippen LogP contribution in [0.15, 0.2) is 0 Å². The van der Waals surface area contributed by atoms with Gasteiger partial charge < -0.3 is 14.9 Å². The SMILES string of the molecule is O=C(O)CCC1CCCCN1CCCN1CCCC1. The summed E-state index contributed by atoms with van der Waals surface area (Å²) in [6, 6.07) is 0.517. The van der Waals surface area contributed by atoms with Crippen LogP contribution in [0.1, 0.15) is 51.4 Å². The first-order valence-electron chi connectivity index (χ1n) is 7.94. The summed E-state index contributed by atoms with van der Waals surface area (Å²) < 4.78 is 0. The van der Waals surface area contributed by atoms with E-state index in [9.17, 15) is 4.79 Å². The molecule has 0 aliphatic carbocycles. The second-order valence-electron chi connectivity index (χ2n) is 6.02. The third-order valence-corrected chi connectivity index (χ3v) is 4.56. The molecule has 2 aliphatic heterocycles. The van der Waals surface area contributed by atoms with Crippen molar-refractivity contribution in [3.8, 4) is 0 Å². The molecule has 0 spiro atoms. The van der Waals surface area contributed by atoms with Gasteiger partial charge in [0.2, 0.25) is 0 Å². The van der Waals surface area contributed by atoms with Crippen LogP contribution in [-0.2, 0) is 4.79 Å². The Hall–Kier alpha value is -0.610. The smallest absolute Gasteiger partial charge is 0.303 e. The zero-order valence-electron chi connectivity index (χ0n) is 12.0. The van der Waals surface area contributed by atoms with Crippen LogP contribution in [-0.4, -0.2) is 59.6 Å². The molecule has 1 unspecified atom stereocenters. The highest BCUT2D eigenvalue weighted by atomic mass is 16.4. The number of carboxylic acids is 1. The molecule has 0 aromatic carbocycles. The van der Waals surface area contributed by atoms with Gasteiger partial charge in [0.15, 0.2) is 0 Å². The molecule has 0 saturated carbocycles. The van der Waals surface area contributed by atoms with Gasteiger partial charge in [0.1, 0.15) is 0 Å². The Kier molecular flexibility index (Phi) is 6.11. The molecule has 2 heterocycles. The van der Waals surface area contributed by atoms with Crippen LogP contribution < -0.4 is 0 Å². The highest BCUT2D eigenvalue weighted by Crippen LogP contribution is 2.21. The van der Waals surface area contributed by atoms with Crippen LogP contribution in [0.4, 0.5) is 0 Å². The van der Waals surface area contributed by atoms with Gasteiger partial charge in [0.05, 0.1) is 0 Å². The molecule has 1 atom stereocenters. The van der Waals surface area contributed by atoms with Crippen LogP contribution in [0.2, 0.25) is 0 Å². The molecule has 0 radical (unpaired) electrons. The Balaban J connectivity index is 1.67. The fourth-order valence-electron chi connectivity index (χ4n) is 3.48. The lowest BCUT2D eigenvalue weighted by Crippen LogP contribution is -2.41. The molecule has 2 fully saturated rings.